The third-order valence-electron chi connectivity index (χ3n) is 12.2. The van der Waals surface area contributed by atoms with Gasteiger partial charge in [-0.25, -0.2) is 0 Å². The van der Waals surface area contributed by atoms with Crippen LogP contribution in [0.1, 0.15) is 106 Å². The van der Waals surface area contributed by atoms with Gasteiger partial charge in [-0.1, -0.05) is 65.3 Å². The third kappa shape index (κ3) is 3.28. The highest BCUT2D eigenvalue weighted by Crippen LogP contribution is 2.83. The average Bonchev–Trinajstić information content (AvgIpc) is 3.35. The molecule has 0 N–H and O–H groups in total. The summed E-state index contributed by atoms with van der Waals surface area (Å²) in [4.78, 5) is 11.6. The summed E-state index contributed by atoms with van der Waals surface area (Å²) >= 11 is 0. The average molecular weight is 453 g/mol. The van der Waals surface area contributed by atoms with E-state index in [0.29, 0.717) is 39.4 Å². The molecule has 5 rings (SSSR count). The molecule has 9 atom stereocenters. The van der Waals surface area contributed by atoms with Crippen LogP contribution in [0, 0.1) is 51.2 Å². The molecule has 2 nitrogen and oxygen atoms in total. The molecular formula is C31H48O2. The van der Waals surface area contributed by atoms with Gasteiger partial charge in [0.2, 0.25) is 0 Å². The number of rotatable bonds is 5. The molecule has 5 aliphatic carbocycles. The monoisotopic (exact) mass is 452 g/mol. The van der Waals surface area contributed by atoms with E-state index in [-0.39, 0.29) is 12.1 Å². The van der Waals surface area contributed by atoms with Crippen molar-refractivity contribution in [3.8, 4) is 0 Å². The Balaban J connectivity index is 1.38. The van der Waals surface area contributed by atoms with E-state index < -0.39 is 0 Å². The standard InChI is InChI=1S/C31H48O2/c1-20(2)21(3)8-9-22(4)25-11-14-29(7)26-13-16-30-18-24(33-23(5)32)10-17-31(30,19-30)27(26)12-15-28(25,29)6/h8-9,12,20-22,24-26H,10-11,13-19H2,1-7H3. The molecule has 9 unspecified atom stereocenters. The number of hydrogen-bond acceptors (Lipinski definition) is 2. The molecular weight excluding hydrogens is 404 g/mol. The molecule has 0 aliphatic heterocycles. The Bertz CT molecular complexity index is 868. The molecule has 0 aromatic heterocycles. The van der Waals surface area contributed by atoms with Crippen LogP contribution in [-0.4, -0.2) is 12.1 Å². The van der Waals surface area contributed by atoms with Crippen LogP contribution in [-0.2, 0) is 9.53 Å². The zero-order valence-electron chi connectivity index (χ0n) is 22.4. The smallest absolute Gasteiger partial charge is 0.302 e. The van der Waals surface area contributed by atoms with Gasteiger partial charge < -0.3 is 4.74 Å². The van der Waals surface area contributed by atoms with Crippen molar-refractivity contribution in [3.63, 3.8) is 0 Å². The maximum absolute atomic E-state index is 11.6. The summed E-state index contributed by atoms with van der Waals surface area (Å²) in [6.07, 6.45) is 19.5. The zero-order valence-corrected chi connectivity index (χ0v) is 22.4. The zero-order chi connectivity index (χ0) is 23.8. The van der Waals surface area contributed by atoms with E-state index in [4.69, 9.17) is 4.74 Å². The highest BCUT2D eigenvalue weighted by molar-refractivity contribution is 5.66. The lowest BCUT2D eigenvalue weighted by molar-refractivity contribution is -0.149. The summed E-state index contributed by atoms with van der Waals surface area (Å²) in [5.74, 6) is 3.50. The van der Waals surface area contributed by atoms with E-state index in [1.807, 2.05) is 5.57 Å². The van der Waals surface area contributed by atoms with Crippen LogP contribution in [0.2, 0.25) is 0 Å². The lowest BCUT2D eigenvalue weighted by atomic mass is 9.47. The first-order valence-electron chi connectivity index (χ1n) is 14.0. The predicted molar refractivity (Wildman–Crippen MR) is 136 cm³/mol. The molecule has 0 spiro atoms. The van der Waals surface area contributed by atoms with Gasteiger partial charge in [-0.15, -0.1) is 0 Å². The summed E-state index contributed by atoms with van der Waals surface area (Å²) < 4.78 is 5.70. The Kier molecular flexibility index (Phi) is 5.54. The second-order valence-corrected chi connectivity index (χ2v) is 13.8. The maximum atomic E-state index is 11.6. The van der Waals surface area contributed by atoms with E-state index in [0.717, 1.165) is 24.7 Å². The Labute approximate surface area is 203 Å². The summed E-state index contributed by atoms with van der Waals surface area (Å²) in [6.45, 7) is 16.4. The summed E-state index contributed by atoms with van der Waals surface area (Å²) in [5, 5.41) is 0. The van der Waals surface area contributed by atoms with E-state index in [1.54, 1.807) is 6.92 Å². The maximum Gasteiger partial charge on any atom is 0.302 e. The molecule has 0 saturated heterocycles. The van der Waals surface area contributed by atoms with Crippen molar-refractivity contribution in [2.24, 2.45) is 51.2 Å². The second-order valence-electron chi connectivity index (χ2n) is 13.8. The summed E-state index contributed by atoms with van der Waals surface area (Å²) in [5.41, 5.74) is 3.59. The number of esters is 1. The highest BCUT2D eigenvalue weighted by Gasteiger charge is 2.75. The SMILES string of the molecule is CC(=O)OC1CCC23CC2(CCC2C3=CCC3(C)C(C(C)C=CC(C)C(C)C)CCC23C)C1. The van der Waals surface area contributed by atoms with Gasteiger partial charge in [0.1, 0.15) is 6.10 Å². The number of carbonyl (C=O) groups is 1. The molecule has 0 aromatic carbocycles. The predicted octanol–water partition coefficient (Wildman–Crippen LogP) is 8.13. The molecule has 0 heterocycles. The number of allylic oxidation sites excluding steroid dienone is 4. The Morgan fingerprint density at radius 1 is 1.03 bits per heavy atom. The lowest BCUT2D eigenvalue weighted by Gasteiger charge is -2.58. The van der Waals surface area contributed by atoms with Gasteiger partial charge in [-0.3, -0.25) is 4.79 Å². The first-order chi connectivity index (χ1) is 15.5. The third-order valence-corrected chi connectivity index (χ3v) is 12.2. The van der Waals surface area contributed by atoms with E-state index in [9.17, 15) is 4.79 Å². The van der Waals surface area contributed by atoms with Crippen LogP contribution in [0.25, 0.3) is 0 Å². The van der Waals surface area contributed by atoms with Gasteiger partial charge >= 0.3 is 5.97 Å². The van der Waals surface area contributed by atoms with Crippen LogP contribution < -0.4 is 0 Å². The fourth-order valence-electron chi connectivity index (χ4n) is 9.64. The van der Waals surface area contributed by atoms with Gasteiger partial charge in [0.15, 0.2) is 0 Å². The van der Waals surface area contributed by atoms with Crippen LogP contribution in [0.5, 0.6) is 0 Å². The first kappa shape index (κ1) is 23.7. The van der Waals surface area contributed by atoms with Crippen molar-refractivity contribution < 1.29 is 9.53 Å². The van der Waals surface area contributed by atoms with Crippen molar-refractivity contribution in [1.29, 1.82) is 0 Å². The minimum absolute atomic E-state index is 0.0960. The Morgan fingerprint density at radius 3 is 2.48 bits per heavy atom. The first-order valence-corrected chi connectivity index (χ1v) is 14.0. The van der Waals surface area contributed by atoms with E-state index in [1.165, 1.54) is 44.9 Å². The molecule has 33 heavy (non-hydrogen) atoms. The van der Waals surface area contributed by atoms with Crippen molar-refractivity contribution in [1.82, 2.24) is 0 Å². The van der Waals surface area contributed by atoms with Crippen molar-refractivity contribution >= 4 is 5.97 Å². The van der Waals surface area contributed by atoms with Gasteiger partial charge in [0, 0.05) is 6.92 Å². The van der Waals surface area contributed by atoms with Crippen LogP contribution in [0.4, 0.5) is 0 Å². The molecule has 0 amide bonds. The normalized spacial score (nSPS) is 47.8. The van der Waals surface area contributed by atoms with Gasteiger partial charge in [0.05, 0.1) is 0 Å². The Morgan fingerprint density at radius 2 is 1.79 bits per heavy atom. The summed E-state index contributed by atoms with van der Waals surface area (Å²) in [7, 11) is 0. The number of ether oxygens (including phenoxy) is 1. The van der Waals surface area contributed by atoms with Crippen LogP contribution in [0.15, 0.2) is 23.8 Å². The fourth-order valence-corrected chi connectivity index (χ4v) is 9.64. The number of hydrogen-bond donors (Lipinski definition) is 0. The molecule has 2 heteroatoms. The molecule has 5 aliphatic rings. The van der Waals surface area contributed by atoms with Crippen molar-refractivity contribution in [3.05, 3.63) is 23.8 Å². The van der Waals surface area contributed by atoms with Crippen LogP contribution in [0.3, 0.4) is 0 Å². The van der Waals surface area contributed by atoms with E-state index >= 15 is 0 Å². The van der Waals surface area contributed by atoms with Crippen molar-refractivity contribution in [2.45, 2.75) is 112 Å². The second kappa shape index (κ2) is 7.72. The molecule has 0 radical (unpaired) electrons. The minimum atomic E-state index is -0.0960. The largest absolute Gasteiger partial charge is 0.463 e. The Hall–Kier alpha value is -1.05. The van der Waals surface area contributed by atoms with Gasteiger partial charge in [-0.2, -0.15) is 0 Å². The molecule has 4 saturated carbocycles. The van der Waals surface area contributed by atoms with Crippen LogP contribution >= 0.6 is 0 Å². The van der Waals surface area contributed by atoms with Crippen molar-refractivity contribution in [2.75, 3.05) is 0 Å². The molecule has 0 aromatic rings. The number of carbonyl (C=O) groups excluding carboxylic acids is 1. The lowest BCUT2D eigenvalue weighted by Crippen LogP contribution is -2.50. The highest BCUT2D eigenvalue weighted by atomic mass is 16.5. The van der Waals surface area contributed by atoms with Gasteiger partial charge in [-0.05, 0) is 109 Å². The van der Waals surface area contributed by atoms with Gasteiger partial charge in [0.25, 0.3) is 0 Å². The molecule has 0 bridgehead atoms. The fraction of sp³-hybridized carbons (Fsp3) is 0.839. The molecule has 4 fully saturated rings. The molecule has 184 valence electrons. The summed E-state index contributed by atoms with van der Waals surface area (Å²) in [6, 6.07) is 0. The van der Waals surface area contributed by atoms with E-state index in [2.05, 4.69) is 59.8 Å². The number of fused-ring (bicyclic) bond motifs is 3. The minimum Gasteiger partial charge on any atom is -0.463 e. The quantitative estimate of drug-likeness (QED) is 0.311. The topological polar surface area (TPSA) is 26.3 Å².